The fourth-order valence-corrected chi connectivity index (χ4v) is 1.54. The van der Waals surface area contributed by atoms with E-state index in [1.165, 1.54) is 11.1 Å². The maximum atomic E-state index is 11.1. The molecule has 0 saturated heterocycles. The molecule has 1 rings (SSSR count). The smallest absolute Gasteiger partial charge is 0.132 e. The van der Waals surface area contributed by atoms with Crippen molar-refractivity contribution in [1.82, 2.24) is 0 Å². The quantitative estimate of drug-likeness (QED) is 0.696. The lowest BCUT2D eigenvalue weighted by atomic mass is 10.0. The Morgan fingerprint density at radius 3 is 2.64 bits per heavy atom. The topological polar surface area (TPSA) is 17.1 Å². The Balaban J connectivity index is 2.39. The number of ketones is 1. The van der Waals surface area contributed by atoms with Crippen LogP contribution in [0.1, 0.15) is 37.3 Å². The van der Waals surface area contributed by atoms with Crippen molar-refractivity contribution in [2.75, 3.05) is 0 Å². The third-order valence-electron chi connectivity index (χ3n) is 2.56. The van der Waals surface area contributed by atoms with E-state index >= 15 is 0 Å². The summed E-state index contributed by atoms with van der Waals surface area (Å²) in [5.74, 6) is 0.374. The molecule has 0 N–H and O–H groups in total. The molecular weight excluding hydrogens is 172 g/mol. The van der Waals surface area contributed by atoms with Crippen molar-refractivity contribution in [3.05, 3.63) is 35.4 Å². The number of rotatable bonds is 5. The lowest BCUT2D eigenvalue weighted by Gasteiger charge is -2.04. The van der Waals surface area contributed by atoms with Crippen molar-refractivity contribution >= 4 is 5.78 Å². The van der Waals surface area contributed by atoms with Gasteiger partial charge in [0, 0.05) is 12.8 Å². The minimum atomic E-state index is 0.374. The normalized spacial score (nSPS) is 10.1. The predicted octanol–water partition coefficient (Wildman–Crippen LogP) is 3.30. The third-order valence-corrected chi connectivity index (χ3v) is 2.56. The molecule has 1 aromatic rings. The van der Waals surface area contributed by atoms with Crippen molar-refractivity contribution < 1.29 is 4.79 Å². The molecule has 76 valence electrons. The lowest BCUT2D eigenvalue weighted by Crippen LogP contribution is -1.97. The molecule has 0 aromatic heterocycles. The molecule has 0 spiro atoms. The first-order chi connectivity index (χ1) is 6.74. The van der Waals surface area contributed by atoms with Crippen molar-refractivity contribution in [3.63, 3.8) is 0 Å². The number of benzene rings is 1. The second-order valence-electron chi connectivity index (χ2n) is 3.67. The molecule has 0 aliphatic carbocycles. The number of carbonyl (C=O) groups is 1. The molecule has 0 radical (unpaired) electrons. The maximum Gasteiger partial charge on any atom is 0.132 e. The fourth-order valence-electron chi connectivity index (χ4n) is 1.54. The number of hydrogen-bond donors (Lipinski definition) is 0. The van der Waals surface area contributed by atoms with E-state index in [2.05, 4.69) is 31.2 Å². The zero-order valence-corrected chi connectivity index (χ0v) is 9.05. The first kappa shape index (κ1) is 11.0. The van der Waals surface area contributed by atoms with Gasteiger partial charge in [0.15, 0.2) is 0 Å². The maximum absolute atomic E-state index is 11.1. The average molecular weight is 190 g/mol. The number of Topliss-reactive ketones (excluding diaryl/α,β-unsaturated/α-hetero) is 1. The Morgan fingerprint density at radius 2 is 2.00 bits per heavy atom. The molecule has 14 heavy (non-hydrogen) atoms. The molecule has 0 atom stereocenters. The van der Waals surface area contributed by atoms with Crippen LogP contribution in [0.3, 0.4) is 0 Å². The van der Waals surface area contributed by atoms with E-state index in [-0.39, 0.29) is 0 Å². The molecule has 0 fully saturated rings. The van der Waals surface area contributed by atoms with Gasteiger partial charge in [0.25, 0.3) is 0 Å². The van der Waals surface area contributed by atoms with Gasteiger partial charge in [-0.15, -0.1) is 0 Å². The van der Waals surface area contributed by atoms with Crippen LogP contribution in [0.5, 0.6) is 0 Å². The zero-order chi connectivity index (χ0) is 10.4. The highest BCUT2D eigenvalue weighted by atomic mass is 16.1. The van der Waals surface area contributed by atoms with Crippen LogP contribution >= 0.6 is 0 Å². The van der Waals surface area contributed by atoms with E-state index in [1.54, 1.807) is 0 Å². The van der Waals surface area contributed by atoms with Gasteiger partial charge in [-0.3, -0.25) is 4.79 Å². The molecule has 0 bridgehead atoms. The van der Waals surface area contributed by atoms with Crippen LogP contribution in [0.25, 0.3) is 0 Å². The van der Waals surface area contributed by atoms with Gasteiger partial charge < -0.3 is 0 Å². The second-order valence-corrected chi connectivity index (χ2v) is 3.67. The monoisotopic (exact) mass is 190 g/mol. The van der Waals surface area contributed by atoms with Crippen LogP contribution in [-0.2, 0) is 11.2 Å². The van der Waals surface area contributed by atoms with Gasteiger partial charge >= 0.3 is 0 Å². The summed E-state index contributed by atoms with van der Waals surface area (Å²) in [4.78, 5) is 11.1. The number of carbonyl (C=O) groups excluding carboxylic acids is 1. The molecule has 1 heteroatoms. The molecule has 0 aliphatic rings. The summed E-state index contributed by atoms with van der Waals surface area (Å²) in [6.45, 7) is 4.05. The Labute approximate surface area is 86.1 Å². The van der Waals surface area contributed by atoms with Crippen LogP contribution in [0, 0.1) is 6.92 Å². The van der Waals surface area contributed by atoms with E-state index in [4.69, 9.17) is 0 Å². The van der Waals surface area contributed by atoms with Crippen molar-refractivity contribution in [2.45, 2.75) is 39.5 Å². The molecule has 0 unspecified atom stereocenters. The van der Waals surface area contributed by atoms with Gasteiger partial charge in [-0.25, -0.2) is 0 Å². The van der Waals surface area contributed by atoms with E-state index in [1.807, 2.05) is 6.92 Å². The highest BCUT2D eigenvalue weighted by Gasteiger charge is 2.00. The largest absolute Gasteiger partial charge is 0.300 e. The zero-order valence-electron chi connectivity index (χ0n) is 9.05. The molecule has 0 heterocycles. The van der Waals surface area contributed by atoms with Crippen LogP contribution < -0.4 is 0 Å². The lowest BCUT2D eigenvalue weighted by molar-refractivity contribution is -0.118. The van der Waals surface area contributed by atoms with E-state index in [0.29, 0.717) is 12.2 Å². The van der Waals surface area contributed by atoms with Gasteiger partial charge in [-0.1, -0.05) is 31.2 Å². The van der Waals surface area contributed by atoms with Gasteiger partial charge in [0.05, 0.1) is 0 Å². The first-order valence-electron chi connectivity index (χ1n) is 5.30. The van der Waals surface area contributed by atoms with Crippen molar-refractivity contribution in [3.8, 4) is 0 Å². The van der Waals surface area contributed by atoms with Crippen LogP contribution in [-0.4, -0.2) is 5.78 Å². The summed E-state index contributed by atoms with van der Waals surface area (Å²) >= 11 is 0. The Morgan fingerprint density at radius 1 is 1.29 bits per heavy atom. The fraction of sp³-hybridized carbons (Fsp3) is 0.462. The van der Waals surface area contributed by atoms with Gasteiger partial charge in [0.2, 0.25) is 0 Å². The molecule has 0 saturated carbocycles. The summed E-state index contributed by atoms with van der Waals surface area (Å²) in [7, 11) is 0. The van der Waals surface area contributed by atoms with Crippen LogP contribution in [0.15, 0.2) is 24.3 Å². The molecule has 1 aromatic carbocycles. The molecule has 0 amide bonds. The van der Waals surface area contributed by atoms with Crippen molar-refractivity contribution in [1.29, 1.82) is 0 Å². The predicted molar refractivity (Wildman–Crippen MR) is 59.4 cm³/mol. The summed E-state index contributed by atoms with van der Waals surface area (Å²) < 4.78 is 0. The Kier molecular flexibility index (Phi) is 4.37. The van der Waals surface area contributed by atoms with Crippen molar-refractivity contribution in [2.24, 2.45) is 0 Å². The van der Waals surface area contributed by atoms with Gasteiger partial charge in [-0.05, 0) is 30.9 Å². The highest BCUT2D eigenvalue weighted by Crippen LogP contribution is 2.10. The van der Waals surface area contributed by atoms with E-state index < -0.39 is 0 Å². The number of aryl methyl sites for hydroxylation is 2. The molecular formula is C13H18O. The second kappa shape index (κ2) is 5.58. The van der Waals surface area contributed by atoms with E-state index in [9.17, 15) is 4.79 Å². The summed E-state index contributed by atoms with van der Waals surface area (Å²) in [6.07, 6.45) is 3.41. The molecule has 1 nitrogen and oxygen atoms in total. The Bertz CT molecular complexity index is 302. The van der Waals surface area contributed by atoms with Crippen LogP contribution in [0.4, 0.5) is 0 Å². The summed E-state index contributed by atoms with van der Waals surface area (Å²) in [5.41, 5.74) is 2.70. The minimum Gasteiger partial charge on any atom is -0.300 e. The highest BCUT2D eigenvalue weighted by molar-refractivity contribution is 5.77. The first-order valence-corrected chi connectivity index (χ1v) is 5.30. The summed E-state index contributed by atoms with van der Waals surface area (Å²) in [6, 6.07) is 8.38. The SMILES string of the molecule is CCC(=O)CCCc1ccccc1C. The van der Waals surface area contributed by atoms with Gasteiger partial charge in [-0.2, -0.15) is 0 Å². The minimum absolute atomic E-state index is 0.374. The molecule has 0 aliphatic heterocycles. The number of hydrogen-bond acceptors (Lipinski definition) is 1. The third kappa shape index (κ3) is 3.33. The van der Waals surface area contributed by atoms with Crippen LogP contribution in [0.2, 0.25) is 0 Å². The van der Waals surface area contributed by atoms with Gasteiger partial charge in [0.1, 0.15) is 5.78 Å². The average Bonchev–Trinajstić information content (AvgIpc) is 2.20. The Hall–Kier alpha value is -1.11. The standard InChI is InChI=1S/C13H18O/c1-3-13(14)10-6-9-12-8-5-4-7-11(12)2/h4-5,7-8H,3,6,9-10H2,1-2H3. The summed E-state index contributed by atoms with van der Waals surface area (Å²) in [5, 5.41) is 0. The van der Waals surface area contributed by atoms with E-state index in [0.717, 1.165) is 19.3 Å².